The van der Waals surface area contributed by atoms with Crippen LogP contribution < -0.4 is 0 Å². The van der Waals surface area contributed by atoms with Gasteiger partial charge >= 0.3 is 0 Å². The summed E-state index contributed by atoms with van der Waals surface area (Å²) in [4.78, 5) is 24.6. The van der Waals surface area contributed by atoms with Crippen LogP contribution in [-0.4, -0.2) is 41.4 Å². The maximum absolute atomic E-state index is 11.7. The number of hydrogen-bond donors (Lipinski definition) is 0. The van der Waals surface area contributed by atoms with Crippen molar-refractivity contribution in [3.63, 3.8) is 0 Å². The van der Waals surface area contributed by atoms with E-state index in [1.165, 1.54) is 6.92 Å². The standard InChI is InChI=1S/C11H19NO3/c1-5-12(9(3)13)7-11(4)10(14)6-8(2)15-11/h8H,5-7H2,1-4H3/t8-,11+/m0/s1. The van der Waals surface area contributed by atoms with Crippen LogP contribution in [0, 0.1) is 0 Å². The van der Waals surface area contributed by atoms with Crippen molar-refractivity contribution in [2.24, 2.45) is 0 Å². The van der Waals surface area contributed by atoms with Crippen molar-refractivity contribution >= 4 is 11.7 Å². The first-order chi connectivity index (χ1) is 6.89. The molecule has 0 aliphatic carbocycles. The van der Waals surface area contributed by atoms with E-state index in [0.29, 0.717) is 19.5 Å². The predicted octanol–water partition coefficient (Wildman–Crippen LogP) is 0.991. The van der Waals surface area contributed by atoms with Crippen LogP contribution in [0.1, 0.15) is 34.1 Å². The molecule has 0 aromatic heterocycles. The Bertz CT molecular complexity index is 277. The number of amides is 1. The second-order valence-corrected chi connectivity index (χ2v) is 4.32. The fraction of sp³-hybridized carbons (Fsp3) is 0.818. The number of rotatable bonds is 3. The van der Waals surface area contributed by atoms with Gasteiger partial charge in [0.25, 0.3) is 0 Å². The fourth-order valence-corrected chi connectivity index (χ4v) is 1.96. The van der Waals surface area contributed by atoms with Gasteiger partial charge < -0.3 is 9.64 Å². The molecular formula is C11H19NO3. The first-order valence-corrected chi connectivity index (χ1v) is 5.35. The quantitative estimate of drug-likeness (QED) is 0.702. The molecule has 15 heavy (non-hydrogen) atoms. The van der Waals surface area contributed by atoms with Gasteiger partial charge in [-0.05, 0) is 20.8 Å². The summed E-state index contributed by atoms with van der Waals surface area (Å²) in [5.74, 6) is 0.0735. The Morgan fingerprint density at radius 3 is 2.60 bits per heavy atom. The molecule has 2 atom stereocenters. The summed E-state index contributed by atoms with van der Waals surface area (Å²) in [6.07, 6.45) is 0.416. The molecule has 1 rings (SSSR count). The lowest BCUT2D eigenvalue weighted by Crippen LogP contribution is -2.47. The zero-order chi connectivity index (χ0) is 11.6. The third-order valence-corrected chi connectivity index (χ3v) is 2.84. The van der Waals surface area contributed by atoms with Crippen molar-refractivity contribution < 1.29 is 14.3 Å². The van der Waals surface area contributed by atoms with Gasteiger partial charge in [-0.3, -0.25) is 9.59 Å². The zero-order valence-corrected chi connectivity index (χ0v) is 9.87. The van der Waals surface area contributed by atoms with Crippen LogP contribution in [0.5, 0.6) is 0 Å². The molecule has 1 heterocycles. The van der Waals surface area contributed by atoms with Crippen molar-refractivity contribution in [3.05, 3.63) is 0 Å². The molecule has 1 aliphatic rings. The van der Waals surface area contributed by atoms with Crippen LogP contribution in [0.15, 0.2) is 0 Å². The summed E-state index contributed by atoms with van der Waals surface area (Å²) in [7, 11) is 0. The lowest BCUT2D eigenvalue weighted by atomic mass is 10.00. The van der Waals surface area contributed by atoms with E-state index in [-0.39, 0.29) is 17.8 Å². The molecule has 0 saturated carbocycles. The summed E-state index contributed by atoms with van der Waals surface area (Å²) < 4.78 is 5.60. The number of hydrogen-bond acceptors (Lipinski definition) is 3. The zero-order valence-electron chi connectivity index (χ0n) is 9.87. The van der Waals surface area contributed by atoms with Crippen molar-refractivity contribution in [1.82, 2.24) is 4.90 Å². The van der Waals surface area contributed by atoms with Gasteiger partial charge in [0.15, 0.2) is 5.78 Å². The van der Waals surface area contributed by atoms with Gasteiger partial charge in [-0.25, -0.2) is 0 Å². The Morgan fingerprint density at radius 1 is 1.67 bits per heavy atom. The molecule has 4 heteroatoms. The summed E-state index contributed by atoms with van der Waals surface area (Å²) >= 11 is 0. The highest BCUT2D eigenvalue weighted by Crippen LogP contribution is 2.27. The van der Waals surface area contributed by atoms with E-state index < -0.39 is 5.60 Å². The van der Waals surface area contributed by atoms with Crippen LogP contribution in [0.2, 0.25) is 0 Å². The summed E-state index contributed by atoms with van der Waals surface area (Å²) in [5.41, 5.74) is -0.804. The van der Waals surface area contributed by atoms with Gasteiger partial charge in [-0.15, -0.1) is 0 Å². The molecule has 0 bridgehead atoms. The normalized spacial score (nSPS) is 30.7. The van der Waals surface area contributed by atoms with Gasteiger partial charge in [0.05, 0.1) is 12.6 Å². The van der Waals surface area contributed by atoms with E-state index in [4.69, 9.17) is 4.74 Å². The summed E-state index contributed by atoms with van der Waals surface area (Å²) in [6.45, 7) is 8.03. The highest BCUT2D eigenvalue weighted by molar-refractivity contribution is 5.90. The molecule has 0 unspecified atom stereocenters. The highest BCUT2D eigenvalue weighted by atomic mass is 16.5. The van der Waals surface area contributed by atoms with Crippen LogP contribution in [0.4, 0.5) is 0 Å². The van der Waals surface area contributed by atoms with E-state index >= 15 is 0 Å². The topological polar surface area (TPSA) is 46.6 Å². The molecule has 1 fully saturated rings. The number of nitrogens with zero attached hydrogens (tertiary/aromatic N) is 1. The van der Waals surface area contributed by atoms with Gasteiger partial charge in [0.2, 0.25) is 5.91 Å². The van der Waals surface area contributed by atoms with Crippen LogP contribution >= 0.6 is 0 Å². The van der Waals surface area contributed by atoms with E-state index in [9.17, 15) is 9.59 Å². The molecule has 0 aromatic rings. The number of Topliss-reactive ketones (excluding diaryl/α,β-unsaturated/α-hetero) is 1. The Kier molecular flexibility index (Phi) is 3.50. The minimum atomic E-state index is -0.804. The Balaban J connectivity index is 2.71. The van der Waals surface area contributed by atoms with Gasteiger partial charge in [0, 0.05) is 19.9 Å². The molecule has 1 amide bonds. The minimum Gasteiger partial charge on any atom is -0.362 e. The highest BCUT2D eigenvalue weighted by Gasteiger charge is 2.43. The smallest absolute Gasteiger partial charge is 0.219 e. The lowest BCUT2D eigenvalue weighted by Gasteiger charge is -2.29. The average molecular weight is 213 g/mol. The third kappa shape index (κ3) is 2.56. The van der Waals surface area contributed by atoms with E-state index in [0.717, 1.165) is 0 Å². The largest absolute Gasteiger partial charge is 0.362 e. The maximum Gasteiger partial charge on any atom is 0.219 e. The van der Waals surface area contributed by atoms with E-state index in [1.54, 1.807) is 11.8 Å². The first kappa shape index (κ1) is 12.2. The van der Waals surface area contributed by atoms with Gasteiger partial charge in [0.1, 0.15) is 5.60 Å². The van der Waals surface area contributed by atoms with Crippen LogP contribution in [0.25, 0.3) is 0 Å². The summed E-state index contributed by atoms with van der Waals surface area (Å²) in [5, 5.41) is 0. The number of carbonyl (C=O) groups is 2. The molecule has 86 valence electrons. The molecule has 1 saturated heterocycles. The Hall–Kier alpha value is -0.900. The monoisotopic (exact) mass is 213 g/mol. The van der Waals surface area contributed by atoms with E-state index in [1.807, 2.05) is 13.8 Å². The molecular weight excluding hydrogens is 194 g/mol. The minimum absolute atomic E-state index is 0.0188. The van der Waals surface area contributed by atoms with Crippen molar-refractivity contribution in [3.8, 4) is 0 Å². The SMILES string of the molecule is CCN(C[C@@]1(C)O[C@@H](C)CC1=O)C(C)=O. The van der Waals surface area contributed by atoms with Crippen LogP contribution in [-0.2, 0) is 14.3 Å². The molecule has 0 N–H and O–H groups in total. The maximum atomic E-state index is 11.7. The Morgan fingerprint density at radius 2 is 2.27 bits per heavy atom. The number of carbonyl (C=O) groups excluding carboxylic acids is 2. The second kappa shape index (κ2) is 4.31. The summed E-state index contributed by atoms with van der Waals surface area (Å²) in [6, 6.07) is 0. The fourth-order valence-electron chi connectivity index (χ4n) is 1.96. The van der Waals surface area contributed by atoms with Crippen molar-refractivity contribution in [2.45, 2.75) is 45.8 Å². The van der Waals surface area contributed by atoms with Gasteiger partial charge in [-0.2, -0.15) is 0 Å². The molecule has 0 radical (unpaired) electrons. The lowest BCUT2D eigenvalue weighted by molar-refractivity contribution is -0.140. The molecule has 0 spiro atoms. The van der Waals surface area contributed by atoms with Crippen molar-refractivity contribution in [1.29, 1.82) is 0 Å². The van der Waals surface area contributed by atoms with Gasteiger partial charge in [-0.1, -0.05) is 0 Å². The number of ketones is 1. The average Bonchev–Trinajstić information content (AvgIpc) is 2.36. The third-order valence-electron chi connectivity index (χ3n) is 2.84. The molecule has 0 aromatic carbocycles. The van der Waals surface area contributed by atoms with Crippen LogP contribution in [0.3, 0.4) is 0 Å². The predicted molar refractivity (Wildman–Crippen MR) is 56.5 cm³/mol. The number of ether oxygens (including phenoxy) is 1. The second-order valence-electron chi connectivity index (χ2n) is 4.32. The Labute approximate surface area is 90.6 Å². The molecule has 1 aliphatic heterocycles. The molecule has 4 nitrogen and oxygen atoms in total. The van der Waals surface area contributed by atoms with Crippen molar-refractivity contribution in [2.75, 3.05) is 13.1 Å². The van der Waals surface area contributed by atoms with E-state index in [2.05, 4.69) is 0 Å². The number of likely N-dealkylation sites (N-methyl/N-ethyl adjacent to an activating group) is 1. The first-order valence-electron chi connectivity index (χ1n) is 5.35.